The molecule has 0 saturated heterocycles. The van der Waals surface area contributed by atoms with Gasteiger partial charge in [0.25, 0.3) is 0 Å². The van der Waals surface area contributed by atoms with E-state index in [0.29, 0.717) is 0 Å². The Morgan fingerprint density at radius 2 is 1.51 bits per heavy atom. The van der Waals surface area contributed by atoms with Crippen molar-refractivity contribution in [1.82, 2.24) is 0 Å². The third kappa shape index (κ3) is 7.16. The highest BCUT2D eigenvalue weighted by Gasteiger charge is 2.30. The molecule has 1 aliphatic rings. The first-order valence-electron chi connectivity index (χ1n) is 11.3. The molecule has 5 N–H and O–H groups in total. The molecule has 1 aliphatic heterocycles. The van der Waals surface area contributed by atoms with E-state index in [9.17, 15) is 4.39 Å². The van der Waals surface area contributed by atoms with Gasteiger partial charge in [-0.25, -0.2) is 4.39 Å². The number of halogens is 1. The number of benzene rings is 4. The lowest BCUT2D eigenvalue weighted by molar-refractivity contribution is 0.438. The Morgan fingerprint density at radius 3 is 2.11 bits per heavy atom. The van der Waals surface area contributed by atoms with Gasteiger partial charge in [0.2, 0.25) is 0 Å². The molecule has 0 aliphatic carbocycles. The number of fused-ring (bicyclic) bond motifs is 1. The Kier molecular flexibility index (Phi) is 9.07. The van der Waals surface area contributed by atoms with E-state index < -0.39 is 0 Å². The summed E-state index contributed by atoms with van der Waals surface area (Å²) in [6.45, 7) is 3.78. The molecule has 0 amide bonds. The van der Waals surface area contributed by atoms with E-state index in [2.05, 4.69) is 54.3 Å². The van der Waals surface area contributed by atoms with Crippen molar-refractivity contribution in [2.45, 2.75) is 30.3 Å². The van der Waals surface area contributed by atoms with Crippen LogP contribution in [-0.4, -0.2) is 22.1 Å². The third-order valence-electron chi connectivity index (χ3n) is 5.81. The quantitative estimate of drug-likeness (QED) is 0.321. The van der Waals surface area contributed by atoms with Gasteiger partial charge in [-0.3, -0.25) is 0 Å². The van der Waals surface area contributed by atoms with Crippen LogP contribution in [0.2, 0.25) is 0 Å². The van der Waals surface area contributed by atoms with Crippen molar-refractivity contribution in [2.75, 3.05) is 11.4 Å². The fraction of sp³-hybridized carbons (Fsp3) is 0.172. The average Bonchev–Trinajstić information content (AvgIpc) is 2.85. The minimum absolute atomic E-state index is 0. The number of rotatable bonds is 4. The fourth-order valence-corrected chi connectivity index (χ4v) is 4.57. The molecule has 0 radical (unpaired) electrons. The summed E-state index contributed by atoms with van der Waals surface area (Å²) in [5.74, 6) is -0.213. The van der Waals surface area contributed by atoms with E-state index in [-0.39, 0.29) is 18.3 Å². The number of hydrogen-bond acceptors (Lipinski definition) is 4. The zero-order valence-corrected chi connectivity index (χ0v) is 20.5. The fourth-order valence-electron chi connectivity index (χ4n) is 4.30. The first kappa shape index (κ1) is 26.4. The zero-order valence-electron chi connectivity index (χ0n) is 19.7. The molecule has 0 saturated carbocycles. The predicted octanol–water partition coefficient (Wildman–Crippen LogP) is 6.45. The van der Waals surface area contributed by atoms with Crippen LogP contribution in [0.1, 0.15) is 19.5 Å². The van der Waals surface area contributed by atoms with E-state index in [1.807, 2.05) is 48.5 Å². The Labute approximate surface area is 212 Å². The molecule has 0 bridgehead atoms. The Hall–Kier alpha value is -3.16. The summed E-state index contributed by atoms with van der Waals surface area (Å²) in [6, 6.07) is 33.0. The van der Waals surface area contributed by atoms with Crippen LogP contribution in [0.3, 0.4) is 0 Å². The molecule has 0 aromatic heterocycles. The van der Waals surface area contributed by atoms with Crippen molar-refractivity contribution in [3.8, 4) is 11.1 Å². The second kappa shape index (κ2) is 12.0. The molecule has 1 unspecified atom stereocenters. The second-order valence-electron chi connectivity index (χ2n) is 8.93. The Morgan fingerprint density at radius 1 is 0.914 bits per heavy atom. The first-order valence-corrected chi connectivity index (χ1v) is 12.0. The molecule has 4 aromatic rings. The molecule has 4 aromatic carbocycles. The van der Waals surface area contributed by atoms with Crippen LogP contribution < -0.4 is 10.6 Å². The van der Waals surface area contributed by atoms with Gasteiger partial charge in [0.05, 0.1) is 0 Å². The Bertz CT molecular complexity index is 1210. The maximum Gasteiger partial charge on any atom is 0.123 e. The molecule has 0 spiro atoms. The summed E-state index contributed by atoms with van der Waals surface area (Å²) in [6.07, 6.45) is 0.836. The van der Waals surface area contributed by atoms with E-state index in [0.717, 1.165) is 47.6 Å². The molecule has 35 heavy (non-hydrogen) atoms. The second-order valence-corrected chi connectivity index (χ2v) is 9.58. The van der Waals surface area contributed by atoms with Gasteiger partial charge in [0.15, 0.2) is 0 Å². The maximum atomic E-state index is 13.2. The van der Waals surface area contributed by atoms with Crippen molar-refractivity contribution in [2.24, 2.45) is 5.73 Å². The normalized spacial score (nSPS) is 16.4. The van der Waals surface area contributed by atoms with Crippen LogP contribution in [0.25, 0.3) is 11.1 Å². The van der Waals surface area contributed by atoms with Gasteiger partial charge in [0.1, 0.15) is 5.82 Å². The monoisotopic (exact) mass is 492 g/mol. The highest BCUT2D eigenvalue weighted by Crippen LogP contribution is 2.35. The summed E-state index contributed by atoms with van der Waals surface area (Å²) < 4.78 is 21.7. The lowest BCUT2D eigenvalue weighted by Gasteiger charge is -2.41. The average molecular weight is 493 g/mol. The number of nitrogens with zero attached hydrogens (tertiary/aromatic N) is 1. The zero-order chi connectivity index (χ0) is 24.0. The van der Waals surface area contributed by atoms with Gasteiger partial charge in [-0.05, 0) is 72.0 Å². The van der Waals surface area contributed by atoms with Crippen molar-refractivity contribution in [3.05, 3.63) is 120 Å². The minimum atomic E-state index is -0.275. The number of nitrogens with two attached hydrogens (primary N) is 1. The number of hydrogen-bond donors (Lipinski definition) is 2. The van der Waals surface area contributed by atoms with E-state index in [1.165, 1.54) is 28.9 Å². The molecular formula is C29H33FN2O2S. The summed E-state index contributed by atoms with van der Waals surface area (Å²) in [7, 11) is 0. The van der Waals surface area contributed by atoms with Gasteiger partial charge < -0.3 is 20.7 Å². The highest BCUT2D eigenvalue weighted by molar-refractivity contribution is 7.93. The summed E-state index contributed by atoms with van der Waals surface area (Å²) in [5.41, 5.74) is 12.2. The molecule has 4 nitrogen and oxygen atoms in total. The van der Waals surface area contributed by atoms with E-state index in [4.69, 9.17) is 10.3 Å². The predicted molar refractivity (Wildman–Crippen MR) is 146 cm³/mol. The molecular weight excluding hydrogens is 459 g/mol. The van der Waals surface area contributed by atoms with Gasteiger partial charge in [-0.1, -0.05) is 66.7 Å². The number of anilines is 1. The van der Waals surface area contributed by atoms with Gasteiger partial charge in [0, 0.05) is 42.7 Å². The summed E-state index contributed by atoms with van der Waals surface area (Å²) in [5, 5.41) is 0. The van der Waals surface area contributed by atoms with Crippen LogP contribution >= 0.6 is 12.0 Å². The van der Waals surface area contributed by atoms with E-state index in [1.54, 1.807) is 0 Å². The smallest absolute Gasteiger partial charge is 0.123 e. The standard InChI is InChI=1S/C23H23FN2.C6H6OS.H2O.H2/c1-23(25)14-20-13-19(18-7-10-21(24)11-8-18)9-12-22(20)26(16-23)15-17-5-3-2-4-6-17;7-8-6-4-2-1-3-5-6;;/h2-13H,14-16,25H2,1H3;1-5,7H;1H2;1H. The summed E-state index contributed by atoms with van der Waals surface area (Å²) >= 11 is 0.769. The molecule has 6 heteroatoms. The maximum absolute atomic E-state index is 13.2. The van der Waals surface area contributed by atoms with Crippen LogP contribution in [0, 0.1) is 5.82 Å². The molecule has 0 fully saturated rings. The third-order valence-corrected chi connectivity index (χ3v) is 6.29. The van der Waals surface area contributed by atoms with Crippen LogP contribution in [0.4, 0.5) is 10.1 Å². The van der Waals surface area contributed by atoms with Crippen LogP contribution in [0.5, 0.6) is 0 Å². The van der Waals surface area contributed by atoms with Crippen molar-refractivity contribution in [1.29, 1.82) is 0 Å². The minimum Gasteiger partial charge on any atom is -0.412 e. The molecule has 1 heterocycles. The molecule has 1 atom stereocenters. The van der Waals surface area contributed by atoms with Crippen molar-refractivity contribution < 1.29 is 15.8 Å². The largest absolute Gasteiger partial charge is 0.412 e. The highest BCUT2D eigenvalue weighted by atomic mass is 32.2. The molecule has 5 rings (SSSR count). The lowest BCUT2D eigenvalue weighted by atomic mass is 9.86. The van der Waals surface area contributed by atoms with Crippen LogP contribution in [-0.2, 0) is 13.0 Å². The van der Waals surface area contributed by atoms with Gasteiger partial charge in [-0.2, -0.15) is 0 Å². The van der Waals surface area contributed by atoms with Crippen molar-refractivity contribution in [3.63, 3.8) is 0 Å². The molecule has 184 valence electrons. The van der Waals surface area contributed by atoms with Gasteiger partial charge in [-0.15, -0.1) is 0 Å². The summed E-state index contributed by atoms with van der Waals surface area (Å²) in [4.78, 5) is 3.25. The van der Waals surface area contributed by atoms with E-state index >= 15 is 0 Å². The first-order chi connectivity index (χ1) is 16.4. The SMILES string of the molecule is CC1(N)Cc2cc(-c3ccc(F)cc3)ccc2N(Cc2ccccc2)C1.O.OSc1ccccc1.[HH]. The van der Waals surface area contributed by atoms with Crippen molar-refractivity contribution >= 4 is 17.7 Å². The van der Waals surface area contributed by atoms with Gasteiger partial charge >= 0.3 is 0 Å². The topological polar surface area (TPSA) is 81.0 Å². The Balaban J connectivity index is 0.000000393. The lowest BCUT2D eigenvalue weighted by Crippen LogP contribution is -2.52. The van der Waals surface area contributed by atoms with Crippen LogP contribution in [0.15, 0.2) is 108 Å².